The molecule has 0 atom stereocenters. The molecule has 0 saturated heterocycles. The van der Waals surface area contributed by atoms with Gasteiger partial charge in [-0.05, 0) is 19.1 Å². The SMILES string of the molecule is CC(/C=N/O)=N/Nc1ccccc1. The molecular formula is C9H11N3O. The van der Waals surface area contributed by atoms with Crippen molar-refractivity contribution in [2.45, 2.75) is 6.92 Å². The van der Waals surface area contributed by atoms with Crippen molar-refractivity contribution in [1.29, 1.82) is 0 Å². The normalized spacial score (nSPS) is 11.9. The minimum Gasteiger partial charge on any atom is -0.411 e. The number of nitrogens with one attached hydrogen (secondary N) is 1. The largest absolute Gasteiger partial charge is 0.411 e. The molecule has 0 radical (unpaired) electrons. The van der Waals surface area contributed by atoms with Crippen LogP contribution in [0.3, 0.4) is 0 Å². The number of benzene rings is 1. The maximum atomic E-state index is 8.19. The predicted molar refractivity (Wildman–Crippen MR) is 53.5 cm³/mol. The molecule has 68 valence electrons. The lowest BCUT2D eigenvalue weighted by atomic mass is 10.3. The van der Waals surface area contributed by atoms with Crippen molar-refractivity contribution in [1.82, 2.24) is 0 Å². The van der Waals surface area contributed by atoms with Gasteiger partial charge in [0.1, 0.15) is 0 Å². The van der Waals surface area contributed by atoms with Crippen molar-refractivity contribution >= 4 is 17.6 Å². The highest BCUT2D eigenvalue weighted by Crippen LogP contribution is 2.03. The van der Waals surface area contributed by atoms with E-state index >= 15 is 0 Å². The van der Waals surface area contributed by atoms with Gasteiger partial charge in [-0.2, -0.15) is 5.10 Å². The van der Waals surface area contributed by atoms with Gasteiger partial charge in [0, 0.05) is 0 Å². The van der Waals surface area contributed by atoms with Gasteiger partial charge in [-0.25, -0.2) is 0 Å². The average molecular weight is 177 g/mol. The molecule has 0 amide bonds. The highest BCUT2D eigenvalue weighted by Gasteiger charge is 1.86. The van der Waals surface area contributed by atoms with Crippen LogP contribution in [0.4, 0.5) is 5.69 Å². The average Bonchev–Trinajstić information content (AvgIpc) is 2.17. The number of hydrazone groups is 1. The Kier molecular flexibility index (Phi) is 3.50. The summed E-state index contributed by atoms with van der Waals surface area (Å²) in [7, 11) is 0. The number of anilines is 1. The summed E-state index contributed by atoms with van der Waals surface area (Å²) >= 11 is 0. The van der Waals surface area contributed by atoms with Gasteiger partial charge >= 0.3 is 0 Å². The van der Waals surface area contributed by atoms with Gasteiger partial charge in [-0.1, -0.05) is 23.4 Å². The third kappa shape index (κ3) is 3.37. The number of hydrogen-bond acceptors (Lipinski definition) is 4. The second-order valence-electron chi connectivity index (χ2n) is 2.48. The molecule has 13 heavy (non-hydrogen) atoms. The molecule has 1 rings (SSSR count). The molecule has 0 unspecified atom stereocenters. The Morgan fingerprint density at radius 3 is 2.69 bits per heavy atom. The van der Waals surface area contributed by atoms with Gasteiger partial charge in [-0.3, -0.25) is 5.43 Å². The van der Waals surface area contributed by atoms with Gasteiger partial charge in [0.15, 0.2) is 0 Å². The van der Waals surface area contributed by atoms with Gasteiger partial charge in [0.25, 0.3) is 0 Å². The summed E-state index contributed by atoms with van der Waals surface area (Å²) in [5.41, 5.74) is 4.31. The summed E-state index contributed by atoms with van der Waals surface area (Å²) in [6, 6.07) is 9.54. The Balaban J connectivity index is 2.56. The summed E-state index contributed by atoms with van der Waals surface area (Å²) < 4.78 is 0. The zero-order valence-corrected chi connectivity index (χ0v) is 7.31. The molecule has 0 aliphatic carbocycles. The van der Waals surface area contributed by atoms with E-state index in [1.165, 1.54) is 6.21 Å². The van der Waals surface area contributed by atoms with Crippen LogP contribution in [0.2, 0.25) is 0 Å². The van der Waals surface area contributed by atoms with Gasteiger partial charge < -0.3 is 5.21 Å². The third-order valence-electron chi connectivity index (χ3n) is 1.38. The lowest BCUT2D eigenvalue weighted by Crippen LogP contribution is -1.98. The Morgan fingerprint density at radius 1 is 1.38 bits per heavy atom. The molecule has 2 N–H and O–H groups in total. The molecule has 4 heteroatoms. The highest BCUT2D eigenvalue weighted by molar-refractivity contribution is 6.29. The van der Waals surface area contributed by atoms with E-state index in [2.05, 4.69) is 15.7 Å². The van der Waals surface area contributed by atoms with Crippen molar-refractivity contribution in [3.05, 3.63) is 30.3 Å². The van der Waals surface area contributed by atoms with Gasteiger partial charge in [0.2, 0.25) is 0 Å². The van der Waals surface area contributed by atoms with Crippen LogP contribution in [0.15, 0.2) is 40.6 Å². The zero-order valence-electron chi connectivity index (χ0n) is 7.31. The lowest BCUT2D eigenvalue weighted by Gasteiger charge is -1.98. The van der Waals surface area contributed by atoms with Crippen molar-refractivity contribution < 1.29 is 5.21 Å². The van der Waals surface area contributed by atoms with Crippen LogP contribution in [-0.4, -0.2) is 17.1 Å². The van der Waals surface area contributed by atoms with E-state index in [9.17, 15) is 0 Å². The van der Waals surface area contributed by atoms with E-state index in [-0.39, 0.29) is 0 Å². The summed E-state index contributed by atoms with van der Waals surface area (Å²) in [5, 5.41) is 15.0. The lowest BCUT2D eigenvalue weighted by molar-refractivity contribution is 0.322. The fourth-order valence-corrected chi connectivity index (χ4v) is 0.778. The molecule has 0 bridgehead atoms. The van der Waals surface area contributed by atoms with Crippen molar-refractivity contribution in [3.63, 3.8) is 0 Å². The van der Waals surface area contributed by atoms with Crippen LogP contribution in [0.5, 0.6) is 0 Å². The monoisotopic (exact) mass is 177 g/mol. The zero-order chi connectivity index (χ0) is 9.52. The fourth-order valence-electron chi connectivity index (χ4n) is 0.778. The summed E-state index contributed by atoms with van der Waals surface area (Å²) in [6.07, 6.45) is 1.26. The number of rotatable bonds is 3. The molecule has 0 fully saturated rings. The van der Waals surface area contributed by atoms with E-state index in [1.807, 2.05) is 30.3 Å². The molecule has 1 aromatic carbocycles. The highest BCUT2D eigenvalue weighted by atomic mass is 16.4. The molecule has 4 nitrogen and oxygen atoms in total. The number of hydrogen-bond donors (Lipinski definition) is 2. The fraction of sp³-hybridized carbons (Fsp3) is 0.111. The maximum absolute atomic E-state index is 8.19. The molecule has 1 aromatic rings. The van der Waals surface area contributed by atoms with Crippen LogP contribution in [0.25, 0.3) is 0 Å². The van der Waals surface area contributed by atoms with Gasteiger partial charge in [-0.15, -0.1) is 0 Å². The second-order valence-corrected chi connectivity index (χ2v) is 2.48. The molecule has 0 spiro atoms. The third-order valence-corrected chi connectivity index (χ3v) is 1.38. The number of para-hydroxylation sites is 1. The Bertz CT molecular complexity index is 306. The maximum Gasteiger partial charge on any atom is 0.0891 e. The number of nitrogens with zero attached hydrogens (tertiary/aromatic N) is 2. The van der Waals surface area contributed by atoms with E-state index < -0.39 is 0 Å². The second kappa shape index (κ2) is 4.92. The van der Waals surface area contributed by atoms with Crippen molar-refractivity contribution in [3.8, 4) is 0 Å². The van der Waals surface area contributed by atoms with E-state index in [4.69, 9.17) is 5.21 Å². The molecule has 0 aliphatic heterocycles. The van der Waals surface area contributed by atoms with E-state index in [1.54, 1.807) is 6.92 Å². The predicted octanol–water partition coefficient (Wildman–Crippen LogP) is 1.93. The van der Waals surface area contributed by atoms with Gasteiger partial charge in [0.05, 0.1) is 17.6 Å². The van der Waals surface area contributed by atoms with E-state index in [0.29, 0.717) is 5.71 Å². The summed E-state index contributed by atoms with van der Waals surface area (Å²) in [6.45, 7) is 1.73. The first kappa shape index (κ1) is 9.25. The Labute approximate surface area is 76.6 Å². The first-order valence-corrected chi connectivity index (χ1v) is 3.85. The smallest absolute Gasteiger partial charge is 0.0891 e. The first-order chi connectivity index (χ1) is 6.33. The molecule has 0 saturated carbocycles. The van der Waals surface area contributed by atoms with Crippen LogP contribution in [0, 0.1) is 0 Å². The summed E-state index contributed by atoms with van der Waals surface area (Å²) in [4.78, 5) is 0. The standard InChI is InChI=1S/C9H11N3O/c1-8(7-10-13)11-12-9-5-3-2-4-6-9/h2-7,12-13H,1H3/b10-7+,11-8-. The number of oxime groups is 1. The molecule has 0 aliphatic rings. The quantitative estimate of drug-likeness (QED) is 0.421. The van der Waals surface area contributed by atoms with Crippen LogP contribution >= 0.6 is 0 Å². The van der Waals surface area contributed by atoms with Crippen LogP contribution in [-0.2, 0) is 0 Å². The van der Waals surface area contributed by atoms with Crippen LogP contribution < -0.4 is 5.43 Å². The van der Waals surface area contributed by atoms with Crippen LogP contribution in [0.1, 0.15) is 6.92 Å². The Hall–Kier alpha value is -1.84. The van der Waals surface area contributed by atoms with Crippen molar-refractivity contribution in [2.24, 2.45) is 10.3 Å². The first-order valence-electron chi connectivity index (χ1n) is 3.85. The van der Waals surface area contributed by atoms with E-state index in [0.717, 1.165) is 5.69 Å². The molecular weight excluding hydrogens is 166 g/mol. The van der Waals surface area contributed by atoms with Crippen molar-refractivity contribution in [2.75, 3.05) is 5.43 Å². The molecule has 0 heterocycles. The minimum absolute atomic E-state index is 0.603. The summed E-state index contributed by atoms with van der Waals surface area (Å²) in [5.74, 6) is 0. The topological polar surface area (TPSA) is 57.0 Å². The Morgan fingerprint density at radius 2 is 2.08 bits per heavy atom. The minimum atomic E-state index is 0.603. The molecule has 0 aromatic heterocycles.